The normalized spacial score (nSPS) is 16.0. The van der Waals surface area contributed by atoms with E-state index >= 15 is 0 Å². The van der Waals surface area contributed by atoms with Gasteiger partial charge in [0.2, 0.25) is 15.9 Å². The Kier molecular flexibility index (Phi) is 6.22. The molecule has 0 unspecified atom stereocenters. The van der Waals surface area contributed by atoms with Gasteiger partial charge in [0.25, 0.3) is 0 Å². The Labute approximate surface area is 168 Å². The van der Waals surface area contributed by atoms with Crippen molar-refractivity contribution in [1.29, 1.82) is 0 Å². The van der Waals surface area contributed by atoms with Crippen molar-refractivity contribution in [2.24, 2.45) is 5.92 Å². The lowest BCUT2D eigenvalue weighted by molar-refractivity contribution is -0.120. The Bertz CT molecular complexity index is 976. The predicted molar refractivity (Wildman–Crippen MR) is 105 cm³/mol. The number of nitrogens with one attached hydrogen (secondary N) is 1. The van der Waals surface area contributed by atoms with Crippen LogP contribution in [0.4, 0.5) is 10.1 Å². The van der Waals surface area contributed by atoms with E-state index in [1.807, 2.05) is 0 Å². The second-order valence-electron chi connectivity index (χ2n) is 6.44. The minimum atomic E-state index is -3.93. The summed E-state index contributed by atoms with van der Waals surface area (Å²) in [5.74, 6) is -0.896. The van der Waals surface area contributed by atoms with Gasteiger partial charge in [-0.15, -0.1) is 0 Å². The van der Waals surface area contributed by atoms with Gasteiger partial charge < -0.3 is 10.1 Å². The highest BCUT2D eigenvalue weighted by Crippen LogP contribution is 2.30. The third-order valence-electron chi connectivity index (χ3n) is 4.70. The van der Waals surface area contributed by atoms with Crippen LogP contribution >= 0.6 is 11.6 Å². The molecule has 9 heteroatoms. The molecule has 0 spiro atoms. The van der Waals surface area contributed by atoms with E-state index in [1.54, 1.807) is 18.2 Å². The molecule has 1 aliphatic heterocycles. The Hall–Kier alpha value is -2.16. The molecule has 0 aromatic heterocycles. The smallest absolute Gasteiger partial charge is 0.245 e. The van der Waals surface area contributed by atoms with Gasteiger partial charge in [-0.1, -0.05) is 23.7 Å². The van der Waals surface area contributed by atoms with Crippen LogP contribution in [0, 0.1) is 11.7 Å². The molecule has 1 fully saturated rings. The highest BCUT2D eigenvalue weighted by Gasteiger charge is 2.33. The number of rotatable bonds is 5. The Balaban J connectivity index is 1.66. The number of carbonyl (C=O) groups is 1. The third kappa shape index (κ3) is 4.29. The van der Waals surface area contributed by atoms with Crippen LogP contribution in [0.25, 0.3) is 0 Å². The van der Waals surface area contributed by atoms with Crippen LogP contribution in [-0.4, -0.2) is 38.8 Å². The van der Waals surface area contributed by atoms with Gasteiger partial charge in [-0.05, 0) is 43.2 Å². The molecule has 1 aliphatic rings. The molecule has 1 N–H and O–H groups in total. The number of nitrogens with zero attached hydrogens (tertiary/aromatic N) is 1. The van der Waals surface area contributed by atoms with Crippen LogP contribution < -0.4 is 10.1 Å². The van der Waals surface area contributed by atoms with Gasteiger partial charge in [0.15, 0.2) is 0 Å². The quantitative estimate of drug-likeness (QED) is 0.793. The molecule has 0 radical (unpaired) electrons. The molecule has 0 atom stereocenters. The van der Waals surface area contributed by atoms with E-state index in [0.717, 1.165) is 6.07 Å². The summed E-state index contributed by atoms with van der Waals surface area (Å²) in [5, 5.41) is 3.25. The molecular weight excluding hydrogens is 407 g/mol. The average molecular weight is 427 g/mol. The molecule has 0 aliphatic carbocycles. The summed E-state index contributed by atoms with van der Waals surface area (Å²) in [6.07, 6.45) is 0.671. The first kappa shape index (κ1) is 20.6. The van der Waals surface area contributed by atoms with Crippen molar-refractivity contribution in [2.45, 2.75) is 17.7 Å². The lowest BCUT2D eigenvalue weighted by atomic mass is 9.97. The molecule has 28 heavy (non-hydrogen) atoms. The van der Waals surface area contributed by atoms with E-state index in [2.05, 4.69) is 5.32 Å². The van der Waals surface area contributed by atoms with Crippen LogP contribution in [0.1, 0.15) is 12.8 Å². The molecule has 1 amide bonds. The molecule has 2 aromatic rings. The number of ether oxygens (including phenoxy) is 1. The summed E-state index contributed by atoms with van der Waals surface area (Å²) < 4.78 is 45.6. The Morgan fingerprint density at radius 3 is 2.54 bits per heavy atom. The van der Waals surface area contributed by atoms with E-state index in [1.165, 1.54) is 29.6 Å². The number of carbonyl (C=O) groups excluding carboxylic acids is 1. The lowest BCUT2D eigenvalue weighted by Gasteiger charge is -2.30. The molecule has 0 saturated carbocycles. The molecular formula is C19H20ClFN2O4S. The minimum absolute atomic E-state index is 0.140. The van der Waals surface area contributed by atoms with E-state index in [0.29, 0.717) is 29.3 Å². The number of methoxy groups -OCH3 is 1. The first-order valence-corrected chi connectivity index (χ1v) is 10.5. The largest absolute Gasteiger partial charge is 0.495 e. The van der Waals surface area contributed by atoms with Crippen molar-refractivity contribution in [3.63, 3.8) is 0 Å². The topological polar surface area (TPSA) is 75.7 Å². The number of amides is 1. The van der Waals surface area contributed by atoms with Crippen molar-refractivity contribution >= 4 is 33.2 Å². The van der Waals surface area contributed by atoms with Crippen LogP contribution in [-0.2, 0) is 14.8 Å². The first-order valence-electron chi connectivity index (χ1n) is 8.72. The molecule has 1 heterocycles. The van der Waals surface area contributed by atoms with Gasteiger partial charge >= 0.3 is 0 Å². The van der Waals surface area contributed by atoms with Gasteiger partial charge in [0, 0.05) is 24.0 Å². The van der Waals surface area contributed by atoms with Crippen molar-refractivity contribution < 1.29 is 22.3 Å². The predicted octanol–water partition coefficient (Wildman–Crippen LogP) is 3.53. The van der Waals surface area contributed by atoms with Gasteiger partial charge in [0.1, 0.15) is 16.5 Å². The number of anilines is 1. The van der Waals surface area contributed by atoms with Crippen molar-refractivity contribution in [2.75, 3.05) is 25.5 Å². The third-order valence-corrected chi connectivity index (χ3v) is 6.87. The minimum Gasteiger partial charge on any atom is -0.495 e. The summed E-state index contributed by atoms with van der Waals surface area (Å²) in [7, 11) is -2.44. The van der Waals surface area contributed by atoms with Crippen LogP contribution in [0.15, 0.2) is 47.4 Å². The maximum absolute atomic E-state index is 13.9. The van der Waals surface area contributed by atoms with Crippen molar-refractivity contribution in [1.82, 2.24) is 4.31 Å². The number of sulfonamides is 1. The van der Waals surface area contributed by atoms with Crippen LogP contribution in [0.2, 0.25) is 5.02 Å². The SMILES string of the molecule is COc1ccc(Cl)cc1NC(=O)C1CCN(S(=O)(=O)c2ccccc2F)CC1. The fourth-order valence-electron chi connectivity index (χ4n) is 3.16. The number of benzene rings is 2. The summed E-state index contributed by atoms with van der Waals surface area (Å²) in [6.45, 7) is 0.281. The molecule has 6 nitrogen and oxygen atoms in total. The van der Waals surface area contributed by atoms with Gasteiger partial charge in [-0.2, -0.15) is 4.31 Å². The zero-order valence-corrected chi connectivity index (χ0v) is 16.8. The zero-order valence-electron chi connectivity index (χ0n) is 15.2. The highest BCUT2D eigenvalue weighted by molar-refractivity contribution is 7.89. The summed E-state index contributed by atoms with van der Waals surface area (Å²) in [6, 6.07) is 10.2. The Morgan fingerprint density at radius 1 is 1.21 bits per heavy atom. The first-order chi connectivity index (χ1) is 13.3. The molecule has 0 bridgehead atoms. The number of halogens is 2. The molecule has 3 rings (SSSR count). The van der Waals surface area contributed by atoms with Gasteiger partial charge in [-0.3, -0.25) is 4.79 Å². The average Bonchev–Trinajstić information content (AvgIpc) is 2.68. The van der Waals surface area contributed by atoms with E-state index < -0.39 is 15.8 Å². The van der Waals surface area contributed by atoms with Gasteiger partial charge in [0.05, 0.1) is 12.8 Å². The maximum atomic E-state index is 13.9. The fourth-order valence-corrected chi connectivity index (χ4v) is 4.87. The lowest BCUT2D eigenvalue weighted by Crippen LogP contribution is -2.41. The van der Waals surface area contributed by atoms with Crippen molar-refractivity contribution in [3.05, 3.63) is 53.3 Å². The molecule has 1 saturated heterocycles. The summed E-state index contributed by atoms with van der Waals surface area (Å²) >= 11 is 5.97. The highest BCUT2D eigenvalue weighted by atomic mass is 35.5. The monoisotopic (exact) mass is 426 g/mol. The second-order valence-corrected chi connectivity index (χ2v) is 8.79. The molecule has 150 valence electrons. The number of hydrogen-bond donors (Lipinski definition) is 1. The van der Waals surface area contributed by atoms with Crippen molar-refractivity contribution in [3.8, 4) is 5.75 Å². The van der Waals surface area contributed by atoms with E-state index in [4.69, 9.17) is 16.3 Å². The summed E-state index contributed by atoms with van der Waals surface area (Å²) in [4.78, 5) is 12.2. The second kappa shape index (κ2) is 8.46. The van der Waals surface area contributed by atoms with Gasteiger partial charge in [-0.25, -0.2) is 12.8 Å². The van der Waals surface area contributed by atoms with Crippen LogP contribution in [0.5, 0.6) is 5.75 Å². The van der Waals surface area contributed by atoms with Crippen LogP contribution in [0.3, 0.4) is 0 Å². The maximum Gasteiger partial charge on any atom is 0.245 e. The zero-order chi connectivity index (χ0) is 20.3. The Morgan fingerprint density at radius 2 is 1.89 bits per heavy atom. The fraction of sp³-hybridized carbons (Fsp3) is 0.316. The van der Waals surface area contributed by atoms with E-state index in [-0.39, 0.29) is 29.8 Å². The number of hydrogen-bond acceptors (Lipinski definition) is 4. The number of piperidine rings is 1. The summed E-state index contributed by atoms with van der Waals surface area (Å²) in [5.41, 5.74) is 0.460. The standard InChI is InChI=1S/C19H20ClFN2O4S/c1-27-17-7-6-14(20)12-16(17)22-19(24)13-8-10-23(11-9-13)28(25,26)18-5-3-2-4-15(18)21/h2-7,12-13H,8-11H2,1H3,(H,22,24). The molecule has 2 aromatic carbocycles. The van der Waals surface area contributed by atoms with E-state index in [9.17, 15) is 17.6 Å².